The van der Waals surface area contributed by atoms with Crippen molar-refractivity contribution in [3.63, 3.8) is 0 Å². The highest BCUT2D eigenvalue weighted by Gasteiger charge is 2.41. The van der Waals surface area contributed by atoms with Crippen LogP contribution in [0.25, 0.3) is 0 Å². The molecule has 3 rings (SSSR count). The standard InChI is InChI=1S/C21H26ClNO2S/c1-3-5-13-21(4-2)15-26(24,25)19-12-11-17(22)14-18(19)20(23-21)16-9-7-6-8-10-16/h6-12,14,20,23H,3-5,13,15H2,1-2H3. The first kappa shape index (κ1) is 19.4. The van der Waals surface area contributed by atoms with Crippen LogP contribution in [0.2, 0.25) is 5.02 Å². The fourth-order valence-electron chi connectivity index (χ4n) is 3.84. The molecule has 0 aromatic heterocycles. The van der Waals surface area contributed by atoms with Gasteiger partial charge in [0.1, 0.15) is 0 Å². The number of hydrogen-bond acceptors (Lipinski definition) is 3. The van der Waals surface area contributed by atoms with Crippen molar-refractivity contribution >= 4 is 21.4 Å². The van der Waals surface area contributed by atoms with E-state index in [2.05, 4.69) is 19.2 Å². The molecule has 2 atom stereocenters. The summed E-state index contributed by atoms with van der Waals surface area (Å²) in [4.78, 5) is 0.398. The normalized spacial score (nSPS) is 24.7. The summed E-state index contributed by atoms with van der Waals surface area (Å²) in [5.74, 6) is 0.120. The zero-order chi connectivity index (χ0) is 18.8. The minimum atomic E-state index is -3.41. The molecule has 0 amide bonds. The van der Waals surface area contributed by atoms with Gasteiger partial charge in [-0.25, -0.2) is 8.42 Å². The van der Waals surface area contributed by atoms with Crippen LogP contribution in [0.3, 0.4) is 0 Å². The third-order valence-electron chi connectivity index (χ3n) is 5.35. The van der Waals surface area contributed by atoms with E-state index in [0.29, 0.717) is 9.92 Å². The maximum Gasteiger partial charge on any atom is 0.180 e. The highest BCUT2D eigenvalue weighted by molar-refractivity contribution is 7.91. The van der Waals surface area contributed by atoms with Gasteiger partial charge in [0, 0.05) is 10.6 Å². The molecular formula is C21H26ClNO2S. The molecule has 0 radical (unpaired) electrons. The molecule has 2 aromatic carbocycles. The Labute approximate surface area is 161 Å². The second-order valence-corrected chi connectivity index (χ2v) is 9.56. The monoisotopic (exact) mass is 391 g/mol. The van der Waals surface area contributed by atoms with E-state index in [0.717, 1.165) is 36.8 Å². The first-order valence-corrected chi connectivity index (χ1v) is 11.3. The molecule has 26 heavy (non-hydrogen) atoms. The lowest BCUT2D eigenvalue weighted by Crippen LogP contribution is -2.50. The zero-order valence-corrected chi connectivity index (χ0v) is 16.9. The van der Waals surface area contributed by atoms with Gasteiger partial charge in [0.2, 0.25) is 0 Å². The number of hydrogen-bond donors (Lipinski definition) is 1. The molecule has 1 N–H and O–H groups in total. The van der Waals surface area contributed by atoms with E-state index < -0.39 is 15.4 Å². The molecule has 0 spiro atoms. The van der Waals surface area contributed by atoms with Gasteiger partial charge >= 0.3 is 0 Å². The fourth-order valence-corrected chi connectivity index (χ4v) is 6.15. The van der Waals surface area contributed by atoms with Crippen molar-refractivity contribution in [2.75, 3.05) is 5.75 Å². The fraction of sp³-hybridized carbons (Fsp3) is 0.429. The van der Waals surface area contributed by atoms with Crippen molar-refractivity contribution in [1.82, 2.24) is 5.32 Å². The number of fused-ring (bicyclic) bond motifs is 1. The van der Waals surface area contributed by atoms with Crippen molar-refractivity contribution < 1.29 is 8.42 Å². The Hall–Kier alpha value is -1.36. The van der Waals surface area contributed by atoms with Crippen LogP contribution in [0, 0.1) is 0 Å². The van der Waals surface area contributed by atoms with Crippen molar-refractivity contribution in [2.45, 2.75) is 56.0 Å². The molecule has 5 heteroatoms. The molecule has 0 bridgehead atoms. The Balaban J connectivity index is 2.21. The molecule has 1 aliphatic heterocycles. The first-order chi connectivity index (χ1) is 12.4. The maximum atomic E-state index is 13.2. The van der Waals surface area contributed by atoms with E-state index in [9.17, 15) is 8.42 Å². The first-order valence-electron chi connectivity index (χ1n) is 9.25. The van der Waals surface area contributed by atoms with Crippen LogP contribution in [0.5, 0.6) is 0 Å². The molecule has 3 nitrogen and oxygen atoms in total. The molecule has 2 unspecified atom stereocenters. The van der Waals surface area contributed by atoms with Gasteiger partial charge in [0.15, 0.2) is 9.84 Å². The quantitative estimate of drug-likeness (QED) is 0.767. The maximum absolute atomic E-state index is 13.2. The molecule has 1 aliphatic rings. The number of rotatable bonds is 5. The molecule has 2 aromatic rings. The van der Waals surface area contributed by atoms with E-state index in [1.54, 1.807) is 18.2 Å². The second kappa shape index (κ2) is 7.71. The molecule has 0 aliphatic carbocycles. The zero-order valence-electron chi connectivity index (χ0n) is 15.3. The van der Waals surface area contributed by atoms with Crippen molar-refractivity contribution in [3.05, 3.63) is 64.7 Å². The van der Waals surface area contributed by atoms with Gasteiger partial charge < -0.3 is 0 Å². The van der Waals surface area contributed by atoms with E-state index in [-0.39, 0.29) is 11.8 Å². The summed E-state index contributed by atoms with van der Waals surface area (Å²) in [5.41, 5.74) is 1.36. The molecule has 0 saturated heterocycles. The van der Waals surface area contributed by atoms with Crippen molar-refractivity contribution in [1.29, 1.82) is 0 Å². The van der Waals surface area contributed by atoms with Gasteiger partial charge in [0.25, 0.3) is 0 Å². The summed E-state index contributed by atoms with van der Waals surface area (Å²) >= 11 is 6.24. The Morgan fingerprint density at radius 2 is 1.88 bits per heavy atom. The largest absolute Gasteiger partial charge is 0.300 e. The highest BCUT2D eigenvalue weighted by atomic mass is 35.5. The van der Waals surface area contributed by atoms with Crippen LogP contribution in [0.4, 0.5) is 0 Å². The van der Waals surface area contributed by atoms with E-state index >= 15 is 0 Å². The van der Waals surface area contributed by atoms with Gasteiger partial charge in [0.05, 0.1) is 16.7 Å². The summed E-state index contributed by atoms with van der Waals surface area (Å²) in [5, 5.41) is 4.29. The van der Waals surface area contributed by atoms with Crippen LogP contribution in [-0.4, -0.2) is 19.7 Å². The number of unbranched alkanes of at least 4 members (excludes halogenated alkanes) is 1. The summed E-state index contributed by atoms with van der Waals surface area (Å²) in [6.07, 6.45) is 3.63. The van der Waals surface area contributed by atoms with E-state index in [1.807, 2.05) is 30.3 Å². The van der Waals surface area contributed by atoms with Gasteiger partial charge in [-0.1, -0.05) is 68.6 Å². The van der Waals surface area contributed by atoms with Gasteiger partial charge in [-0.2, -0.15) is 0 Å². The Morgan fingerprint density at radius 1 is 1.15 bits per heavy atom. The predicted molar refractivity (Wildman–Crippen MR) is 107 cm³/mol. The SMILES string of the molecule is CCCCC1(CC)CS(=O)(=O)c2ccc(Cl)cc2C(c2ccccc2)N1. The van der Waals surface area contributed by atoms with E-state index in [1.165, 1.54) is 0 Å². The summed E-state index contributed by atoms with van der Waals surface area (Å²) < 4.78 is 26.5. The minimum absolute atomic E-state index is 0.120. The Bertz CT molecular complexity index is 867. The van der Waals surface area contributed by atoms with Crippen LogP contribution in [0.15, 0.2) is 53.4 Å². The van der Waals surface area contributed by atoms with Gasteiger partial charge in [-0.3, -0.25) is 5.32 Å². The number of nitrogens with one attached hydrogen (secondary N) is 1. The third kappa shape index (κ3) is 3.83. The van der Waals surface area contributed by atoms with Crippen molar-refractivity contribution in [2.24, 2.45) is 0 Å². The molecule has 0 fully saturated rings. The third-order valence-corrected chi connectivity index (χ3v) is 7.56. The molecule has 140 valence electrons. The van der Waals surface area contributed by atoms with Crippen molar-refractivity contribution in [3.8, 4) is 0 Å². The lowest BCUT2D eigenvalue weighted by Gasteiger charge is -2.35. The lowest BCUT2D eigenvalue weighted by atomic mass is 9.88. The van der Waals surface area contributed by atoms with Gasteiger partial charge in [-0.05, 0) is 42.2 Å². The average molecular weight is 392 g/mol. The van der Waals surface area contributed by atoms with Crippen LogP contribution < -0.4 is 5.32 Å². The van der Waals surface area contributed by atoms with Crippen LogP contribution in [0.1, 0.15) is 56.7 Å². The summed E-state index contributed by atoms with van der Waals surface area (Å²) in [6.45, 7) is 4.21. The minimum Gasteiger partial charge on any atom is -0.300 e. The smallest absolute Gasteiger partial charge is 0.180 e. The number of sulfone groups is 1. The summed E-state index contributed by atoms with van der Waals surface area (Å²) in [7, 11) is -3.41. The average Bonchev–Trinajstić information content (AvgIpc) is 2.73. The molecule has 1 heterocycles. The number of benzene rings is 2. The Kier molecular flexibility index (Phi) is 5.75. The lowest BCUT2D eigenvalue weighted by molar-refractivity contribution is 0.295. The molecular weight excluding hydrogens is 366 g/mol. The van der Waals surface area contributed by atoms with Crippen LogP contribution in [-0.2, 0) is 9.84 Å². The predicted octanol–water partition coefficient (Wildman–Crippen LogP) is 5.15. The second-order valence-electron chi connectivity index (χ2n) is 7.17. The van der Waals surface area contributed by atoms with Gasteiger partial charge in [-0.15, -0.1) is 0 Å². The molecule has 0 saturated carbocycles. The Morgan fingerprint density at radius 3 is 2.54 bits per heavy atom. The number of halogens is 1. The summed E-state index contributed by atoms with van der Waals surface area (Å²) in [6, 6.07) is 15.0. The van der Waals surface area contributed by atoms with E-state index in [4.69, 9.17) is 11.6 Å². The highest BCUT2D eigenvalue weighted by Crippen LogP contribution is 2.39. The topological polar surface area (TPSA) is 46.2 Å². The van der Waals surface area contributed by atoms with Crippen LogP contribution >= 0.6 is 11.6 Å².